The fourth-order valence-electron chi connectivity index (χ4n) is 2.55. The summed E-state index contributed by atoms with van der Waals surface area (Å²) in [7, 11) is 5.92. The van der Waals surface area contributed by atoms with Gasteiger partial charge in [0.15, 0.2) is 0 Å². The molecule has 0 bridgehead atoms. The van der Waals surface area contributed by atoms with Crippen molar-refractivity contribution in [3.8, 4) is 5.75 Å². The Balaban J connectivity index is 2.61. The van der Waals surface area contributed by atoms with Crippen molar-refractivity contribution < 1.29 is 4.74 Å². The van der Waals surface area contributed by atoms with Gasteiger partial charge in [0.2, 0.25) is 0 Å². The lowest BCUT2D eigenvalue weighted by Gasteiger charge is -2.19. The molecule has 0 aromatic heterocycles. The molecule has 0 aliphatic rings. The smallest absolute Gasteiger partial charge is 0.141 e. The van der Waals surface area contributed by atoms with Crippen LogP contribution in [0.3, 0.4) is 0 Å². The second kappa shape index (κ2) is 9.67. The number of hydrogen-bond acceptors (Lipinski definition) is 3. The Kier molecular flexibility index (Phi) is 8.21. The van der Waals surface area contributed by atoms with Gasteiger partial charge < -0.3 is 15.0 Å². The average molecular weight is 292 g/mol. The summed E-state index contributed by atoms with van der Waals surface area (Å²) in [5.74, 6) is 0.929. The van der Waals surface area contributed by atoms with Crippen LogP contribution in [0.15, 0.2) is 18.2 Å². The Labute approximate surface area is 130 Å². The molecule has 1 unspecified atom stereocenters. The summed E-state index contributed by atoms with van der Waals surface area (Å²) in [6, 6.07) is 6.88. The standard InChI is InChI=1S/C18H32N2O/c1-6-7-8-9-10-15(2)19-17-13-16(14-20(3)4)11-12-18(17)21-5/h11-13,15,19H,6-10,14H2,1-5H3. The highest BCUT2D eigenvalue weighted by Gasteiger charge is 2.08. The molecule has 1 rings (SSSR count). The zero-order valence-corrected chi connectivity index (χ0v) is 14.4. The fourth-order valence-corrected chi connectivity index (χ4v) is 2.55. The first-order chi connectivity index (χ1) is 10.1. The van der Waals surface area contributed by atoms with E-state index < -0.39 is 0 Å². The van der Waals surface area contributed by atoms with Gasteiger partial charge in [-0.15, -0.1) is 0 Å². The van der Waals surface area contributed by atoms with E-state index in [0.717, 1.165) is 18.0 Å². The van der Waals surface area contributed by atoms with Crippen LogP contribution < -0.4 is 10.1 Å². The van der Waals surface area contributed by atoms with Crippen LogP contribution in [0.1, 0.15) is 51.5 Å². The normalized spacial score (nSPS) is 12.5. The van der Waals surface area contributed by atoms with Gasteiger partial charge in [0.05, 0.1) is 12.8 Å². The lowest BCUT2D eigenvalue weighted by atomic mass is 10.1. The Morgan fingerprint density at radius 1 is 1.19 bits per heavy atom. The van der Waals surface area contributed by atoms with Crippen molar-refractivity contribution in [3.63, 3.8) is 0 Å². The van der Waals surface area contributed by atoms with Gasteiger partial charge in [-0.05, 0) is 45.1 Å². The fraction of sp³-hybridized carbons (Fsp3) is 0.667. The maximum atomic E-state index is 5.47. The predicted molar refractivity (Wildman–Crippen MR) is 92.2 cm³/mol. The monoisotopic (exact) mass is 292 g/mol. The second-order valence-corrected chi connectivity index (χ2v) is 6.17. The molecular formula is C18H32N2O. The SMILES string of the molecule is CCCCCCC(C)Nc1cc(CN(C)C)ccc1OC. The number of rotatable bonds is 10. The minimum absolute atomic E-state index is 0.477. The molecule has 1 aromatic carbocycles. The molecule has 0 heterocycles. The van der Waals surface area contributed by atoms with Gasteiger partial charge in [-0.2, -0.15) is 0 Å². The molecule has 0 aliphatic carbocycles. The number of methoxy groups -OCH3 is 1. The summed E-state index contributed by atoms with van der Waals surface area (Å²) in [4.78, 5) is 2.18. The van der Waals surface area contributed by atoms with Crippen molar-refractivity contribution in [1.29, 1.82) is 0 Å². The van der Waals surface area contributed by atoms with Crippen LogP contribution in [0.4, 0.5) is 5.69 Å². The molecule has 3 heteroatoms. The van der Waals surface area contributed by atoms with Crippen LogP contribution in [-0.2, 0) is 6.54 Å². The Morgan fingerprint density at radius 3 is 2.57 bits per heavy atom. The number of benzene rings is 1. The first-order valence-electron chi connectivity index (χ1n) is 8.15. The maximum Gasteiger partial charge on any atom is 0.141 e. The molecule has 120 valence electrons. The third-order valence-electron chi connectivity index (χ3n) is 3.66. The van der Waals surface area contributed by atoms with E-state index in [1.807, 2.05) is 0 Å². The van der Waals surface area contributed by atoms with Crippen LogP contribution in [0.2, 0.25) is 0 Å². The van der Waals surface area contributed by atoms with Gasteiger partial charge in [0.1, 0.15) is 5.75 Å². The van der Waals surface area contributed by atoms with E-state index in [1.165, 1.54) is 37.7 Å². The molecule has 1 atom stereocenters. The van der Waals surface area contributed by atoms with Gasteiger partial charge in [-0.3, -0.25) is 0 Å². The number of ether oxygens (including phenoxy) is 1. The molecule has 1 aromatic rings. The number of nitrogens with one attached hydrogen (secondary N) is 1. The minimum atomic E-state index is 0.477. The molecule has 0 amide bonds. The van der Waals surface area contributed by atoms with E-state index in [4.69, 9.17) is 4.74 Å². The molecule has 0 spiro atoms. The summed E-state index contributed by atoms with van der Waals surface area (Å²) < 4.78 is 5.47. The lowest BCUT2D eigenvalue weighted by molar-refractivity contribution is 0.400. The molecule has 0 radical (unpaired) electrons. The minimum Gasteiger partial charge on any atom is -0.495 e. The van der Waals surface area contributed by atoms with E-state index in [0.29, 0.717) is 6.04 Å². The van der Waals surface area contributed by atoms with Crippen LogP contribution in [0.5, 0.6) is 5.75 Å². The molecule has 21 heavy (non-hydrogen) atoms. The van der Waals surface area contributed by atoms with Crippen LogP contribution >= 0.6 is 0 Å². The molecule has 0 aliphatic heterocycles. The third-order valence-corrected chi connectivity index (χ3v) is 3.66. The highest BCUT2D eigenvalue weighted by Crippen LogP contribution is 2.27. The molecular weight excluding hydrogens is 260 g/mol. The summed E-state index contributed by atoms with van der Waals surface area (Å²) in [6.07, 6.45) is 6.47. The third kappa shape index (κ3) is 6.85. The first kappa shape index (κ1) is 17.8. The average Bonchev–Trinajstić information content (AvgIpc) is 2.43. The molecule has 0 saturated heterocycles. The van der Waals surface area contributed by atoms with Crippen molar-refractivity contribution in [3.05, 3.63) is 23.8 Å². The van der Waals surface area contributed by atoms with Crippen molar-refractivity contribution in [2.75, 3.05) is 26.5 Å². The van der Waals surface area contributed by atoms with E-state index in [-0.39, 0.29) is 0 Å². The zero-order valence-electron chi connectivity index (χ0n) is 14.4. The van der Waals surface area contributed by atoms with Gasteiger partial charge >= 0.3 is 0 Å². The van der Waals surface area contributed by atoms with Crippen LogP contribution in [0, 0.1) is 0 Å². The van der Waals surface area contributed by atoms with Gasteiger partial charge in [-0.1, -0.05) is 38.7 Å². The van der Waals surface area contributed by atoms with Gasteiger partial charge in [0, 0.05) is 12.6 Å². The van der Waals surface area contributed by atoms with Crippen molar-refractivity contribution in [2.24, 2.45) is 0 Å². The molecule has 0 fully saturated rings. The van der Waals surface area contributed by atoms with E-state index in [1.54, 1.807) is 7.11 Å². The number of unbranched alkanes of at least 4 members (excludes halogenated alkanes) is 3. The van der Waals surface area contributed by atoms with Crippen molar-refractivity contribution >= 4 is 5.69 Å². The van der Waals surface area contributed by atoms with E-state index in [9.17, 15) is 0 Å². The number of hydrogen-bond donors (Lipinski definition) is 1. The maximum absolute atomic E-state index is 5.47. The zero-order chi connectivity index (χ0) is 15.7. The summed E-state index contributed by atoms with van der Waals surface area (Å²) in [6.45, 7) is 5.45. The topological polar surface area (TPSA) is 24.5 Å². The Bertz CT molecular complexity index is 404. The van der Waals surface area contributed by atoms with Gasteiger partial charge in [-0.25, -0.2) is 0 Å². The summed E-state index contributed by atoms with van der Waals surface area (Å²) in [5, 5.41) is 3.61. The lowest BCUT2D eigenvalue weighted by Crippen LogP contribution is -2.16. The largest absolute Gasteiger partial charge is 0.495 e. The molecule has 0 saturated carbocycles. The van der Waals surface area contributed by atoms with Crippen molar-refractivity contribution in [1.82, 2.24) is 4.90 Å². The Morgan fingerprint density at radius 2 is 1.95 bits per heavy atom. The van der Waals surface area contributed by atoms with Crippen LogP contribution in [-0.4, -0.2) is 32.1 Å². The Hall–Kier alpha value is -1.22. The molecule has 1 N–H and O–H groups in total. The summed E-state index contributed by atoms with van der Waals surface area (Å²) in [5.41, 5.74) is 2.42. The van der Waals surface area contributed by atoms with Crippen LogP contribution in [0.25, 0.3) is 0 Å². The quantitative estimate of drug-likeness (QED) is 0.641. The molecule has 3 nitrogen and oxygen atoms in total. The highest BCUT2D eigenvalue weighted by atomic mass is 16.5. The van der Waals surface area contributed by atoms with E-state index in [2.05, 4.69) is 56.4 Å². The summed E-state index contributed by atoms with van der Waals surface area (Å²) >= 11 is 0. The second-order valence-electron chi connectivity index (χ2n) is 6.17. The highest BCUT2D eigenvalue weighted by molar-refractivity contribution is 5.58. The number of anilines is 1. The first-order valence-corrected chi connectivity index (χ1v) is 8.15. The van der Waals surface area contributed by atoms with Gasteiger partial charge in [0.25, 0.3) is 0 Å². The number of nitrogens with zero attached hydrogens (tertiary/aromatic N) is 1. The predicted octanol–water partition coefficient (Wildman–Crippen LogP) is 4.53. The van der Waals surface area contributed by atoms with Crippen molar-refractivity contribution in [2.45, 2.75) is 58.5 Å². The van der Waals surface area contributed by atoms with E-state index >= 15 is 0 Å².